The minimum Gasteiger partial charge on any atom is -0.313 e. The van der Waals surface area contributed by atoms with Gasteiger partial charge in [0, 0.05) is 49.8 Å². The predicted octanol–water partition coefficient (Wildman–Crippen LogP) is 3.02. The third-order valence-electron chi connectivity index (χ3n) is 4.49. The van der Waals surface area contributed by atoms with Crippen molar-refractivity contribution in [2.45, 2.75) is 32.4 Å². The lowest BCUT2D eigenvalue weighted by Gasteiger charge is -2.37. The SMILES string of the molecule is CNC(CCN1CCN(C(C)C)CC1)c1ccc(Cl)cc1. The second-order valence-electron chi connectivity index (χ2n) is 6.15. The molecule has 1 heterocycles. The van der Waals surface area contributed by atoms with Crippen molar-refractivity contribution in [1.82, 2.24) is 15.1 Å². The number of benzene rings is 1. The molecule has 1 saturated heterocycles. The number of rotatable bonds is 6. The number of hydrogen-bond acceptors (Lipinski definition) is 3. The molecule has 0 spiro atoms. The summed E-state index contributed by atoms with van der Waals surface area (Å²) in [6.07, 6.45) is 1.14. The Morgan fingerprint density at radius 3 is 2.24 bits per heavy atom. The third kappa shape index (κ3) is 4.96. The zero-order chi connectivity index (χ0) is 15.2. The van der Waals surface area contributed by atoms with Crippen molar-refractivity contribution in [1.29, 1.82) is 0 Å². The molecule has 1 aliphatic rings. The van der Waals surface area contributed by atoms with Crippen molar-refractivity contribution < 1.29 is 0 Å². The van der Waals surface area contributed by atoms with E-state index in [1.807, 2.05) is 19.2 Å². The molecular formula is C17H28ClN3. The quantitative estimate of drug-likeness (QED) is 0.871. The molecule has 1 atom stereocenters. The van der Waals surface area contributed by atoms with Crippen LogP contribution in [0.25, 0.3) is 0 Å². The van der Waals surface area contributed by atoms with E-state index in [1.54, 1.807) is 0 Å². The normalized spacial score (nSPS) is 19.1. The molecule has 1 unspecified atom stereocenters. The average molecular weight is 310 g/mol. The van der Waals surface area contributed by atoms with Crippen LogP contribution in [-0.4, -0.2) is 55.6 Å². The predicted molar refractivity (Wildman–Crippen MR) is 91.0 cm³/mol. The van der Waals surface area contributed by atoms with E-state index in [9.17, 15) is 0 Å². The van der Waals surface area contributed by atoms with Crippen LogP contribution in [0.4, 0.5) is 0 Å². The van der Waals surface area contributed by atoms with Crippen molar-refractivity contribution in [3.05, 3.63) is 34.9 Å². The number of piperazine rings is 1. The molecule has 1 fully saturated rings. The smallest absolute Gasteiger partial charge is 0.0406 e. The van der Waals surface area contributed by atoms with Crippen LogP contribution >= 0.6 is 11.6 Å². The van der Waals surface area contributed by atoms with E-state index >= 15 is 0 Å². The monoisotopic (exact) mass is 309 g/mol. The topological polar surface area (TPSA) is 18.5 Å². The van der Waals surface area contributed by atoms with E-state index in [0.717, 1.165) is 18.0 Å². The van der Waals surface area contributed by atoms with Crippen molar-refractivity contribution in [2.24, 2.45) is 0 Å². The number of hydrogen-bond donors (Lipinski definition) is 1. The van der Waals surface area contributed by atoms with Gasteiger partial charge in [0.2, 0.25) is 0 Å². The lowest BCUT2D eigenvalue weighted by Crippen LogP contribution is -2.49. The van der Waals surface area contributed by atoms with Crippen LogP contribution in [0.5, 0.6) is 0 Å². The van der Waals surface area contributed by atoms with E-state index in [1.165, 1.54) is 31.7 Å². The minimum atomic E-state index is 0.408. The molecule has 0 radical (unpaired) electrons. The first-order valence-corrected chi connectivity index (χ1v) is 8.37. The number of nitrogens with one attached hydrogen (secondary N) is 1. The van der Waals surface area contributed by atoms with Crippen LogP contribution in [0.15, 0.2) is 24.3 Å². The van der Waals surface area contributed by atoms with Gasteiger partial charge in [-0.25, -0.2) is 0 Å². The van der Waals surface area contributed by atoms with Gasteiger partial charge in [0.05, 0.1) is 0 Å². The van der Waals surface area contributed by atoms with Crippen molar-refractivity contribution >= 4 is 11.6 Å². The van der Waals surface area contributed by atoms with Crippen LogP contribution in [0, 0.1) is 0 Å². The van der Waals surface area contributed by atoms with Crippen molar-refractivity contribution in [3.63, 3.8) is 0 Å². The summed E-state index contributed by atoms with van der Waals surface area (Å²) in [6.45, 7) is 10.5. The van der Waals surface area contributed by atoms with Crippen LogP contribution in [0.1, 0.15) is 31.9 Å². The molecule has 0 bridgehead atoms. The Labute approximate surface area is 134 Å². The van der Waals surface area contributed by atoms with Gasteiger partial charge in [0.15, 0.2) is 0 Å². The van der Waals surface area contributed by atoms with Crippen LogP contribution in [0.2, 0.25) is 5.02 Å². The first-order valence-electron chi connectivity index (χ1n) is 7.99. The maximum atomic E-state index is 5.96. The fraction of sp³-hybridized carbons (Fsp3) is 0.647. The van der Waals surface area contributed by atoms with Gasteiger partial charge in [-0.1, -0.05) is 23.7 Å². The zero-order valence-corrected chi connectivity index (χ0v) is 14.2. The Morgan fingerprint density at radius 1 is 1.10 bits per heavy atom. The fourth-order valence-electron chi connectivity index (χ4n) is 2.99. The molecule has 1 aliphatic heterocycles. The summed E-state index contributed by atoms with van der Waals surface area (Å²) in [4.78, 5) is 5.14. The molecule has 0 aromatic heterocycles. The van der Waals surface area contributed by atoms with Crippen LogP contribution < -0.4 is 5.32 Å². The molecule has 0 saturated carbocycles. The first kappa shape index (κ1) is 16.8. The third-order valence-corrected chi connectivity index (χ3v) is 4.74. The van der Waals surface area contributed by atoms with E-state index < -0.39 is 0 Å². The van der Waals surface area contributed by atoms with Crippen LogP contribution in [-0.2, 0) is 0 Å². The molecule has 3 nitrogen and oxygen atoms in total. The molecule has 0 amide bonds. The molecule has 1 N–H and O–H groups in total. The fourth-order valence-corrected chi connectivity index (χ4v) is 3.11. The maximum absolute atomic E-state index is 5.96. The summed E-state index contributed by atoms with van der Waals surface area (Å²) in [5, 5.41) is 4.23. The molecule has 1 aromatic carbocycles. The van der Waals surface area contributed by atoms with Gasteiger partial charge >= 0.3 is 0 Å². The number of nitrogens with zero attached hydrogens (tertiary/aromatic N) is 2. The van der Waals surface area contributed by atoms with E-state index in [0.29, 0.717) is 12.1 Å². The molecule has 21 heavy (non-hydrogen) atoms. The Bertz CT molecular complexity index is 411. The highest BCUT2D eigenvalue weighted by Gasteiger charge is 2.19. The van der Waals surface area contributed by atoms with Gasteiger partial charge in [-0.05, 0) is 45.0 Å². The average Bonchev–Trinajstić information content (AvgIpc) is 2.50. The Balaban J connectivity index is 1.80. The van der Waals surface area contributed by atoms with Crippen LogP contribution in [0.3, 0.4) is 0 Å². The highest BCUT2D eigenvalue weighted by molar-refractivity contribution is 6.30. The second-order valence-corrected chi connectivity index (χ2v) is 6.59. The molecule has 118 valence electrons. The molecule has 0 aliphatic carbocycles. The molecule has 1 aromatic rings. The summed E-state index contributed by atoms with van der Waals surface area (Å²) in [6, 6.07) is 9.28. The van der Waals surface area contributed by atoms with Gasteiger partial charge in [0.25, 0.3) is 0 Å². The summed E-state index contributed by atoms with van der Waals surface area (Å²) < 4.78 is 0. The van der Waals surface area contributed by atoms with Gasteiger partial charge in [-0.3, -0.25) is 4.90 Å². The Hall–Kier alpha value is -0.610. The molecule has 4 heteroatoms. The summed E-state index contributed by atoms with van der Waals surface area (Å²) in [5.74, 6) is 0. The van der Waals surface area contributed by atoms with Crippen molar-refractivity contribution in [2.75, 3.05) is 39.8 Å². The van der Waals surface area contributed by atoms with E-state index in [-0.39, 0.29) is 0 Å². The van der Waals surface area contributed by atoms with Gasteiger partial charge in [0.1, 0.15) is 0 Å². The standard InChI is InChI=1S/C17H28ClN3/c1-14(2)21-12-10-20(11-13-21)9-8-17(19-3)15-4-6-16(18)7-5-15/h4-7,14,17,19H,8-13H2,1-3H3. The molecular weight excluding hydrogens is 282 g/mol. The Morgan fingerprint density at radius 2 is 1.71 bits per heavy atom. The highest BCUT2D eigenvalue weighted by Crippen LogP contribution is 2.20. The van der Waals surface area contributed by atoms with Gasteiger partial charge in [-0.2, -0.15) is 0 Å². The van der Waals surface area contributed by atoms with Crippen molar-refractivity contribution in [3.8, 4) is 0 Å². The largest absolute Gasteiger partial charge is 0.313 e. The minimum absolute atomic E-state index is 0.408. The first-order chi connectivity index (χ1) is 10.1. The lowest BCUT2D eigenvalue weighted by atomic mass is 10.0. The second kappa shape index (κ2) is 8.14. The van der Waals surface area contributed by atoms with E-state index in [4.69, 9.17) is 11.6 Å². The zero-order valence-electron chi connectivity index (χ0n) is 13.5. The summed E-state index contributed by atoms with van der Waals surface area (Å²) in [7, 11) is 2.04. The maximum Gasteiger partial charge on any atom is 0.0406 e. The highest BCUT2D eigenvalue weighted by atomic mass is 35.5. The van der Waals surface area contributed by atoms with Gasteiger partial charge < -0.3 is 10.2 Å². The van der Waals surface area contributed by atoms with E-state index in [2.05, 4.69) is 41.1 Å². The molecule has 2 rings (SSSR count). The van der Waals surface area contributed by atoms with Gasteiger partial charge in [-0.15, -0.1) is 0 Å². The summed E-state index contributed by atoms with van der Waals surface area (Å²) in [5.41, 5.74) is 1.32. The number of halogens is 1. The Kier molecular flexibility index (Phi) is 6.49. The lowest BCUT2D eigenvalue weighted by molar-refractivity contribution is 0.105. The summed E-state index contributed by atoms with van der Waals surface area (Å²) >= 11 is 5.96.